The number of benzene rings is 2. The van der Waals surface area contributed by atoms with Crippen LogP contribution in [0.1, 0.15) is 25.7 Å². The van der Waals surface area contributed by atoms with E-state index in [1.165, 1.54) is 0 Å². The number of carbonyl (C=O) groups is 1. The Morgan fingerprint density at radius 1 is 1.09 bits per heavy atom. The van der Waals surface area contributed by atoms with Gasteiger partial charge < -0.3 is 2.85 Å². The molecule has 120 valence electrons. The van der Waals surface area contributed by atoms with Crippen LogP contribution in [0.25, 0.3) is 0 Å². The van der Waals surface area contributed by atoms with E-state index in [0.717, 1.165) is 5.56 Å². The average Bonchev–Trinajstić information content (AvgIpc) is 2.53. The van der Waals surface area contributed by atoms with Crippen LogP contribution in [0.3, 0.4) is 0 Å². The van der Waals surface area contributed by atoms with Gasteiger partial charge in [-0.25, -0.2) is 8.42 Å². The van der Waals surface area contributed by atoms with E-state index in [9.17, 15) is 13.2 Å². The van der Waals surface area contributed by atoms with Crippen molar-refractivity contribution in [3.63, 3.8) is 0 Å². The number of nitrogens with one attached hydrogen (secondary N) is 1. The molecular weight excluding hydrogens is 436 g/mol. The monoisotopic (exact) mass is 457 g/mol. The smallest absolute Gasteiger partial charge is 1.00 e. The number of rotatable bonds is 6. The summed E-state index contributed by atoms with van der Waals surface area (Å²) in [6, 6.07) is 15.5. The van der Waals surface area contributed by atoms with Gasteiger partial charge in [0.15, 0.2) is 15.6 Å². The van der Waals surface area contributed by atoms with Crippen molar-refractivity contribution in [1.82, 2.24) is 5.32 Å². The molecule has 1 atom stereocenters. The second-order valence-corrected chi connectivity index (χ2v) is 7.44. The summed E-state index contributed by atoms with van der Waals surface area (Å²) < 4.78 is 24.8. The van der Waals surface area contributed by atoms with Crippen molar-refractivity contribution in [2.45, 2.75) is 24.1 Å². The Hall–Kier alpha value is -0.409. The third-order valence-electron chi connectivity index (χ3n) is 3.46. The van der Waals surface area contributed by atoms with Gasteiger partial charge in [0.1, 0.15) is 5.37 Å². The molecule has 1 N–H and O–H groups in total. The molecule has 0 aromatic heterocycles. The zero-order chi connectivity index (χ0) is 16.2. The zero-order valence-electron chi connectivity index (χ0n) is 15.3. The number of sulfone groups is 1. The van der Waals surface area contributed by atoms with Gasteiger partial charge in [0.05, 0.1) is 11.4 Å². The van der Waals surface area contributed by atoms with Gasteiger partial charge in [-0.3, -0.25) is 10.1 Å². The summed E-state index contributed by atoms with van der Waals surface area (Å²) in [6.45, 7) is 3.43. The van der Waals surface area contributed by atoms with E-state index in [2.05, 4.69) is 5.32 Å². The fraction of sp³-hybridized carbons (Fsp3) is 0.235. The molecule has 0 saturated carbocycles. The quantitative estimate of drug-likeness (QED) is 0.536. The summed E-state index contributed by atoms with van der Waals surface area (Å²) in [5.41, 5.74) is 1.56. The van der Waals surface area contributed by atoms with Gasteiger partial charge in [-0.2, -0.15) is 0 Å². The molecule has 2 rings (SSSR count). The third-order valence-corrected chi connectivity index (χ3v) is 5.49. The number of Topliss-reactive ketones (excluding diaryl/α,β-unsaturated/α-hetero) is 1. The van der Waals surface area contributed by atoms with Crippen molar-refractivity contribution in [2.75, 3.05) is 6.54 Å². The molecule has 0 saturated heterocycles. The maximum absolute atomic E-state index is 12.4. The summed E-state index contributed by atoms with van der Waals surface area (Å²) in [7, 11) is -3.50. The first-order valence-corrected chi connectivity index (χ1v) is 8.58. The Labute approximate surface area is 180 Å². The zero-order valence-corrected chi connectivity index (χ0v) is 18.6. The van der Waals surface area contributed by atoms with E-state index in [4.69, 9.17) is 0 Å². The minimum Gasteiger partial charge on any atom is -1.00 e. The van der Waals surface area contributed by atoms with Crippen LogP contribution in [-0.2, 0) is 9.84 Å². The average molecular weight is 457 g/mol. The molecule has 0 spiro atoms. The van der Waals surface area contributed by atoms with Crippen LogP contribution in [0.2, 0.25) is 0 Å². The van der Waals surface area contributed by atoms with Crippen molar-refractivity contribution in [1.29, 1.82) is 0 Å². The first-order valence-electron chi connectivity index (χ1n) is 7.03. The minimum atomic E-state index is -3.50. The molecule has 0 heterocycles. The first kappa shape index (κ1) is 20.6. The molecule has 4 nitrogen and oxygen atoms in total. The van der Waals surface area contributed by atoms with E-state index < -0.39 is 15.2 Å². The third kappa shape index (κ3) is 5.56. The molecule has 1 unspecified atom stereocenters. The van der Waals surface area contributed by atoms with Crippen LogP contribution in [-0.4, -0.2) is 75.0 Å². The molecule has 6 heteroatoms. The molecule has 0 amide bonds. The predicted octanol–water partition coefficient (Wildman–Crippen LogP) is 2.43. The summed E-state index contributed by atoms with van der Waals surface area (Å²) in [4.78, 5) is 12.3. The second kappa shape index (κ2) is 9.17. The Morgan fingerprint density at radius 3 is 2.22 bits per heavy atom. The van der Waals surface area contributed by atoms with Gasteiger partial charge in [0.2, 0.25) is 0 Å². The summed E-state index contributed by atoms with van der Waals surface area (Å²) >= 11 is 0. The Bertz CT molecular complexity index is 753. The van der Waals surface area contributed by atoms with Gasteiger partial charge in [-0.05, 0) is 26.0 Å². The van der Waals surface area contributed by atoms with Gasteiger partial charge >= 0.3 is 48.9 Å². The van der Waals surface area contributed by atoms with Crippen LogP contribution in [0.5, 0.6) is 0 Å². The topological polar surface area (TPSA) is 63.2 Å². The van der Waals surface area contributed by atoms with Gasteiger partial charge in [-0.1, -0.05) is 48.0 Å². The molecule has 0 aliphatic carbocycles. The molecule has 2 aromatic carbocycles. The predicted molar refractivity (Wildman–Crippen MR) is 94.6 cm³/mol. The maximum atomic E-state index is 12.4. The van der Waals surface area contributed by atoms with E-state index in [1.54, 1.807) is 55.5 Å². The molecule has 0 bridgehead atoms. The van der Waals surface area contributed by atoms with Crippen molar-refractivity contribution < 1.29 is 16.1 Å². The van der Waals surface area contributed by atoms with Gasteiger partial charge in [-0.15, -0.1) is 0 Å². The summed E-state index contributed by atoms with van der Waals surface area (Å²) in [6.07, 6.45) is 0. The Morgan fingerprint density at radius 2 is 1.65 bits per heavy atom. The molecule has 0 aliphatic rings. The second-order valence-electron chi connectivity index (χ2n) is 5.17. The number of aryl methyl sites for hydroxylation is 1. The van der Waals surface area contributed by atoms with Crippen LogP contribution >= 0.6 is 0 Å². The number of ketones is 1. The van der Waals surface area contributed by atoms with Crippen molar-refractivity contribution in [3.05, 3.63) is 65.7 Å². The molecule has 23 heavy (non-hydrogen) atoms. The van der Waals surface area contributed by atoms with E-state index >= 15 is 0 Å². The van der Waals surface area contributed by atoms with Gasteiger partial charge in [0, 0.05) is 5.56 Å². The van der Waals surface area contributed by atoms with E-state index in [0.29, 0.717) is 5.56 Å². The Kier molecular flexibility index (Phi) is 8.23. The van der Waals surface area contributed by atoms with Crippen molar-refractivity contribution in [3.8, 4) is 0 Å². The number of carbonyl (C=O) groups excluding carboxylic acids is 1. The molecule has 2 aromatic rings. The van der Waals surface area contributed by atoms with Crippen LogP contribution < -0.4 is 5.32 Å². The molecule has 0 fully saturated rings. The summed E-state index contributed by atoms with van der Waals surface area (Å²) in [5.74, 6) is -0.133. The van der Waals surface area contributed by atoms with E-state index in [-0.39, 0.29) is 69.0 Å². The van der Waals surface area contributed by atoms with Crippen LogP contribution in [0, 0.1) is 6.92 Å². The number of hydrogen-bond donors (Lipinski definition) is 1. The minimum absolute atomic E-state index is 0. The first-order chi connectivity index (χ1) is 10.4. The van der Waals surface area contributed by atoms with E-state index in [1.807, 2.05) is 13.0 Å². The van der Waals surface area contributed by atoms with Gasteiger partial charge in [0.25, 0.3) is 0 Å². The van der Waals surface area contributed by atoms with Crippen LogP contribution in [0.15, 0.2) is 59.5 Å². The largest absolute Gasteiger partial charge is 2.00 e. The molecule has 0 radical (unpaired) electrons. The fourth-order valence-electron chi connectivity index (χ4n) is 2.00. The SMILES string of the molecule is Cc1ccc(S(=O)(=O)C(C)NCC(=O)c2ccccc2)cc1.[Ba+2].[H-].[H-]. The van der Waals surface area contributed by atoms with Crippen molar-refractivity contribution in [2.24, 2.45) is 0 Å². The Balaban J connectivity index is 0. The standard InChI is InChI=1S/C17H19NO3S.Ba.2H/c1-13-8-10-16(11-9-13)22(20,21)14(2)18-12-17(19)15-6-4-3-5-7-15;;;/h3-11,14,18H,12H2,1-2H3;;;/q;+2;2*-1. The maximum Gasteiger partial charge on any atom is 2.00 e. The number of hydrogen-bond acceptors (Lipinski definition) is 4. The fourth-order valence-corrected chi connectivity index (χ4v) is 3.23. The van der Waals surface area contributed by atoms with Crippen LogP contribution in [0.4, 0.5) is 0 Å². The molecule has 0 aliphatic heterocycles. The molecular formula is C17H21BaNO3S. The van der Waals surface area contributed by atoms with Crippen molar-refractivity contribution >= 4 is 64.5 Å². The summed E-state index contributed by atoms with van der Waals surface area (Å²) in [5, 5.41) is 1.97. The normalized spacial score (nSPS) is 12.3.